The largest absolute Gasteiger partial charge is 0.444 e. The molecule has 2 aromatic rings. The molecular formula is C14H16ClN3O2. The molecule has 0 saturated heterocycles. The van der Waals surface area contributed by atoms with Crippen LogP contribution in [0.4, 0.5) is 0 Å². The van der Waals surface area contributed by atoms with Gasteiger partial charge < -0.3 is 15.5 Å². The lowest BCUT2D eigenvalue weighted by molar-refractivity contribution is 0.100. The topological polar surface area (TPSA) is 81.1 Å². The molecule has 0 radical (unpaired) electrons. The maximum atomic E-state index is 11.0. The molecule has 1 amide bonds. The monoisotopic (exact) mass is 293 g/mol. The number of oxazole rings is 1. The number of benzene rings is 1. The summed E-state index contributed by atoms with van der Waals surface area (Å²) < 4.78 is 5.45. The van der Waals surface area contributed by atoms with Crippen molar-refractivity contribution >= 4 is 17.5 Å². The molecule has 1 aromatic carbocycles. The molecular weight excluding hydrogens is 278 g/mol. The summed E-state index contributed by atoms with van der Waals surface area (Å²) in [7, 11) is 0. The van der Waals surface area contributed by atoms with Gasteiger partial charge in [0.25, 0.3) is 0 Å². The molecule has 0 aliphatic rings. The third-order valence-corrected chi connectivity index (χ3v) is 3.30. The number of primary amides is 1. The van der Waals surface area contributed by atoms with Gasteiger partial charge in [-0.2, -0.15) is 0 Å². The molecule has 0 spiro atoms. The summed E-state index contributed by atoms with van der Waals surface area (Å²) >= 11 is 6.12. The quantitative estimate of drug-likeness (QED) is 0.888. The van der Waals surface area contributed by atoms with Gasteiger partial charge in [0.1, 0.15) is 5.76 Å². The van der Waals surface area contributed by atoms with E-state index in [9.17, 15) is 4.79 Å². The molecule has 3 N–H and O–H groups in total. The molecule has 0 aliphatic carbocycles. The van der Waals surface area contributed by atoms with Crippen molar-refractivity contribution in [1.29, 1.82) is 0 Å². The second-order valence-electron chi connectivity index (χ2n) is 4.58. The van der Waals surface area contributed by atoms with Gasteiger partial charge in [-0.05, 0) is 31.5 Å². The number of nitrogens with zero attached hydrogens (tertiary/aromatic N) is 1. The summed E-state index contributed by atoms with van der Waals surface area (Å²) in [5.41, 5.74) is 6.48. The van der Waals surface area contributed by atoms with Crippen LogP contribution in [0.2, 0.25) is 5.02 Å². The van der Waals surface area contributed by atoms with Crippen molar-refractivity contribution in [3.63, 3.8) is 0 Å². The van der Waals surface area contributed by atoms with Gasteiger partial charge in [0.2, 0.25) is 11.8 Å². The number of nitrogens with two attached hydrogens (primary N) is 1. The number of rotatable bonds is 5. The first kappa shape index (κ1) is 14.6. The Hall–Kier alpha value is -1.85. The Morgan fingerprint density at radius 3 is 2.85 bits per heavy atom. The van der Waals surface area contributed by atoms with Crippen LogP contribution in [0.5, 0.6) is 0 Å². The summed E-state index contributed by atoms with van der Waals surface area (Å²) in [6.07, 6.45) is 1.68. The number of hydrogen-bond acceptors (Lipinski definition) is 4. The number of hydrogen-bond donors (Lipinski definition) is 2. The van der Waals surface area contributed by atoms with Gasteiger partial charge in [-0.25, -0.2) is 4.98 Å². The van der Waals surface area contributed by atoms with Crippen molar-refractivity contribution in [2.45, 2.75) is 26.4 Å². The van der Waals surface area contributed by atoms with Gasteiger partial charge in [0.15, 0.2) is 0 Å². The van der Waals surface area contributed by atoms with E-state index in [1.54, 1.807) is 24.4 Å². The van der Waals surface area contributed by atoms with Crippen LogP contribution in [0.15, 0.2) is 28.8 Å². The van der Waals surface area contributed by atoms with Crippen molar-refractivity contribution in [2.24, 2.45) is 5.73 Å². The van der Waals surface area contributed by atoms with Crippen LogP contribution in [0.25, 0.3) is 0 Å². The Bertz CT molecular complexity index is 625. The van der Waals surface area contributed by atoms with E-state index in [2.05, 4.69) is 10.3 Å². The molecule has 2 rings (SSSR count). The Morgan fingerprint density at radius 2 is 2.30 bits per heavy atom. The highest BCUT2D eigenvalue weighted by Crippen LogP contribution is 2.19. The third kappa shape index (κ3) is 3.37. The standard InChI is InChI=1S/C14H16ClN3O2/c1-8-6-18-14(20-8)9(2)17-7-11-4-3-10(13(16)19)5-12(11)15/h3-6,9,17H,7H2,1-2H3,(H2,16,19). The fourth-order valence-corrected chi connectivity index (χ4v) is 2.01. The average molecular weight is 294 g/mol. The minimum Gasteiger partial charge on any atom is -0.444 e. The minimum atomic E-state index is -0.491. The first-order valence-corrected chi connectivity index (χ1v) is 6.59. The zero-order chi connectivity index (χ0) is 14.7. The maximum Gasteiger partial charge on any atom is 0.248 e. The number of aromatic nitrogens is 1. The lowest BCUT2D eigenvalue weighted by Crippen LogP contribution is -2.19. The van der Waals surface area contributed by atoms with Gasteiger partial charge in [0, 0.05) is 17.1 Å². The van der Waals surface area contributed by atoms with Crippen molar-refractivity contribution in [1.82, 2.24) is 10.3 Å². The third-order valence-electron chi connectivity index (χ3n) is 2.95. The Kier molecular flexibility index (Phi) is 4.42. The lowest BCUT2D eigenvalue weighted by Gasteiger charge is -2.11. The molecule has 1 atom stereocenters. The van der Waals surface area contributed by atoms with Crippen LogP contribution in [0.1, 0.15) is 40.5 Å². The van der Waals surface area contributed by atoms with E-state index in [1.165, 1.54) is 0 Å². The van der Waals surface area contributed by atoms with Crippen LogP contribution in [-0.2, 0) is 6.54 Å². The van der Waals surface area contributed by atoms with Crippen LogP contribution in [0.3, 0.4) is 0 Å². The fraction of sp³-hybridized carbons (Fsp3) is 0.286. The summed E-state index contributed by atoms with van der Waals surface area (Å²) in [6, 6.07) is 4.98. The highest BCUT2D eigenvalue weighted by atomic mass is 35.5. The first-order valence-electron chi connectivity index (χ1n) is 6.21. The molecule has 0 fully saturated rings. The minimum absolute atomic E-state index is 0.0319. The average Bonchev–Trinajstić information content (AvgIpc) is 2.83. The second-order valence-corrected chi connectivity index (χ2v) is 4.99. The van der Waals surface area contributed by atoms with E-state index >= 15 is 0 Å². The predicted octanol–water partition coefficient (Wildman–Crippen LogP) is 2.59. The van der Waals surface area contributed by atoms with Crippen LogP contribution in [0, 0.1) is 6.92 Å². The first-order chi connectivity index (χ1) is 9.47. The van der Waals surface area contributed by atoms with E-state index in [4.69, 9.17) is 21.8 Å². The van der Waals surface area contributed by atoms with E-state index in [0.717, 1.165) is 11.3 Å². The molecule has 1 aromatic heterocycles. The maximum absolute atomic E-state index is 11.0. The van der Waals surface area contributed by atoms with Gasteiger partial charge in [-0.1, -0.05) is 17.7 Å². The number of carbonyl (C=O) groups excluding carboxylic acids is 1. The smallest absolute Gasteiger partial charge is 0.248 e. The zero-order valence-electron chi connectivity index (χ0n) is 11.3. The summed E-state index contributed by atoms with van der Waals surface area (Å²) in [6.45, 7) is 4.35. The van der Waals surface area contributed by atoms with E-state index in [0.29, 0.717) is 23.0 Å². The van der Waals surface area contributed by atoms with E-state index in [1.807, 2.05) is 13.8 Å². The van der Waals surface area contributed by atoms with Crippen LogP contribution < -0.4 is 11.1 Å². The molecule has 0 aliphatic heterocycles. The molecule has 5 nitrogen and oxygen atoms in total. The fourth-order valence-electron chi connectivity index (χ4n) is 1.77. The van der Waals surface area contributed by atoms with Crippen LogP contribution >= 0.6 is 11.6 Å². The van der Waals surface area contributed by atoms with Gasteiger partial charge >= 0.3 is 0 Å². The highest BCUT2D eigenvalue weighted by molar-refractivity contribution is 6.31. The van der Waals surface area contributed by atoms with Gasteiger partial charge in [0.05, 0.1) is 12.2 Å². The predicted molar refractivity (Wildman–Crippen MR) is 76.5 cm³/mol. The van der Waals surface area contributed by atoms with Gasteiger partial charge in [-0.15, -0.1) is 0 Å². The van der Waals surface area contributed by atoms with Crippen molar-refractivity contribution in [3.05, 3.63) is 52.2 Å². The summed E-state index contributed by atoms with van der Waals surface area (Å²) in [5.74, 6) is 0.917. The van der Waals surface area contributed by atoms with Gasteiger partial charge in [-0.3, -0.25) is 4.79 Å². The zero-order valence-corrected chi connectivity index (χ0v) is 12.1. The SMILES string of the molecule is Cc1cnc(C(C)NCc2ccc(C(N)=O)cc2Cl)o1. The normalized spacial score (nSPS) is 12.3. The van der Waals surface area contributed by atoms with Crippen molar-refractivity contribution < 1.29 is 9.21 Å². The molecule has 6 heteroatoms. The molecule has 1 unspecified atom stereocenters. The molecule has 1 heterocycles. The molecule has 106 valence electrons. The summed E-state index contributed by atoms with van der Waals surface area (Å²) in [5, 5.41) is 3.77. The van der Waals surface area contributed by atoms with Crippen molar-refractivity contribution in [3.8, 4) is 0 Å². The van der Waals surface area contributed by atoms with Crippen molar-refractivity contribution in [2.75, 3.05) is 0 Å². The lowest BCUT2D eigenvalue weighted by atomic mass is 10.1. The Labute approximate surface area is 122 Å². The number of aryl methyl sites for hydroxylation is 1. The van der Waals surface area contributed by atoms with Crippen LogP contribution in [-0.4, -0.2) is 10.9 Å². The number of halogens is 1. The number of nitrogens with one attached hydrogen (secondary N) is 1. The number of amides is 1. The second kappa shape index (κ2) is 6.07. The Balaban J connectivity index is 2.02. The molecule has 20 heavy (non-hydrogen) atoms. The molecule has 0 saturated carbocycles. The number of carbonyl (C=O) groups is 1. The summed E-state index contributed by atoms with van der Waals surface area (Å²) in [4.78, 5) is 15.2. The Morgan fingerprint density at radius 1 is 1.55 bits per heavy atom. The van der Waals surface area contributed by atoms with E-state index < -0.39 is 5.91 Å². The molecule has 0 bridgehead atoms. The highest BCUT2D eigenvalue weighted by Gasteiger charge is 2.12. The van der Waals surface area contributed by atoms with E-state index in [-0.39, 0.29) is 6.04 Å².